The van der Waals surface area contributed by atoms with Gasteiger partial charge in [-0.1, -0.05) is 27.5 Å². The number of nitrogens with two attached hydrogens (primary N) is 1. The largest absolute Gasteiger partial charge is 0.330 e. The minimum Gasteiger partial charge on any atom is -0.330 e. The lowest BCUT2D eigenvalue weighted by molar-refractivity contribution is 0.171. The number of halogens is 3. The normalized spacial score (nSPS) is 20.5. The van der Waals surface area contributed by atoms with Gasteiger partial charge < -0.3 is 5.73 Å². The fourth-order valence-corrected chi connectivity index (χ4v) is 2.96. The Hall–Kier alpha value is 0.200. The van der Waals surface area contributed by atoms with Crippen LogP contribution in [0.4, 0.5) is 0 Å². The topological polar surface area (TPSA) is 29.3 Å². The number of rotatable bonds is 3. The summed E-state index contributed by atoms with van der Waals surface area (Å²) in [6.45, 7) is 4.02. The fourth-order valence-electron chi connectivity index (χ4n) is 2.39. The van der Waals surface area contributed by atoms with Crippen molar-refractivity contribution in [2.45, 2.75) is 19.4 Å². The van der Waals surface area contributed by atoms with Gasteiger partial charge in [0.05, 0.1) is 0 Å². The van der Waals surface area contributed by atoms with Crippen LogP contribution in [0.5, 0.6) is 0 Å². The van der Waals surface area contributed by atoms with Crippen LogP contribution >= 0.6 is 39.9 Å². The summed E-state index contributed by atoms with van der Waals surface area (Å²) in [5, 5.41) is 0.801. The average Bonchev–Trinajstić information content (AvgIpc) is 2.34. The summed E-state index contributed by atoms with van der Waals surface area (Å²) in [6, 6.07) is 5.97. The Kier molecular flexibility index (Phi) is 6.96. The number of benzene rings is 1. The van der Waals surface area contributed by atoms with Crippen LogP contribution in [0.3, 0.4) is 0 Å². The van der Waals surface area contributed by atoms with Gasteiger partial charge in [-0.25, -0.2) is 0 Å². The molecule has 0 spiro atoms. The first-order valence-corrected chi connectivity index (χ1v) is 7.22. The van der Waals surface area contributed by atoms with Crippen molar-refractivity contribution < 1.29 is 0 Å². The van der Waals surface area contributed by atoms with Crippen molar-refractivity contribution in [1.82, 2.24) is 4.90 Å². The van der Waals surface area contributed by atoms with E-state index in [4.69, 9.17) is 17.3 Å². The van der Waals surface area contributed by atoms with Crippen LogP contribution in [0.2, 0.25) is 5.02 Å². The van der Waals surface area contributed by atoms with Crippen LogP contribution < -0.4 is 5.73 Å². The Morgan fingerprint density at radius 3 is 2.94 bits per heavy atom. The van der Waals surface area contributed by atoms with Crippen LogP contribution in [0.1, 0.15) is 18.4 Å². The van der Waals surface area contributed by atoms with Gasteiger partial charge in [0, 0.05) is 22.6 Å². The molecule has 0 aliphatic carbocycles. The molecule has 2 rings (SSSR count). The predicted molar refractivity (Wildman–Crippen MR) is 83.5 cm³/mol. The molecule has 2 N–H and O–H groups in total. The van der Waals surface area contributed by atoms with Crippen molar-refractivity contribution in [3.05, 3.63) is 33.3 Å². The molecular weight excluding hydrogens is 335 g/mol. The summed E-state index contributed by atoms with van der Waals surface area (Å²) in [4.78, 5) is 2.47. The van der Waals surface area contributed by atoms with E-state index in [9.17, 15) is 0 Å². The maximum atomic E-state index is 6.03. The molecule has 0 radical (unpaired) electrons. The Balaban J connectivity index is 0.00000162. The van der Waals surface area contributed by atoms with E-state index in [2.05, 4.69) is 20.8 Å². The molecule has 5 heteroatoms. The van der Waals surface area contributed by atoms with Crippen LogP contribution in [0.25, 0.3) is 0 Å². The van der Waals surface area contributed by atoms with E-state index in [1.165, 1.54) is 18.4 Å². The highest BCUT2D eigenvalue weighted by Crippen LogP contribution is 2.24. The van der Waals surface area contributed by atoms with E-state index in [0.717, 1.165) is 35.7 Å². The number of nitrogens with zero attached hydrogens (tertiary/aromatic N) is 1. The van der Waals surface area contributed by atoms with Crippen LogP contribution in [-0.2, 0) is 6.54 Å². The third kappa shape index (κ3) is 4.39. The predicted octanol–water partition coefficient (Wildman–Crippen LogP) is 3.70. The lowest BCUT2D eigenvalue weighted by Crippen LogP contribution is -2.37. The Bertz CT molecular complexity index is 387. The van der Waals surface area contributed by atoms with Gasteiger partial charge in [0.25, 0.3) is 0 Å². The summed E-state index contributed by atoms with van der Waals surface area (Å²) in [5.74, 6) is 0.654. The summed E-state index contributed by atoms with van der Waals surface area (Å²) in [5.41, 5.74) is 7.02. The summed E-state index contributed by atoms with van der Waals surface area (Å²) in [6.07, 6.45) is 2.52. The molecule has 1 fully saturated rings. The van der Waals surface area contributed by atoms with E-state index in [0.29, 0.717) is 5.92 Å². The molecule has 1 unspecified atom stereocenters. The first kappa shape index (κ1) is 16.3. The SMILES string of the molecule is Cl.NCC1CCCN(Cc2cc(Cl)ccc2Br)C1. The van der Waals surface area contributed by atoms with Crippen LogP contribution in [0, 0.1) is 5.92 Å². The van der Waals surface area contributed by atoms with Crippen molar-refractivity contribution in [1.29, 1.82) is 0 Å². The zero-order valence-electron chi connectivity index (χ0n) is 10.2. The van der Waals surface area contributed by atoms with Crippen molar-refractivity contribution >= 4 is 39.9 Å². The Morgan fingerprint density at radius 1 is 1.44 bits per heavy atom. The van der Waals surface area contributed by atoms with Gasteiger partial charge in [-0.15, -0.1) is 12.4 Å². The van der Waals surface area contributed by atoms with Gasteiger partial charge in [0.2, 0.25) is 0 Å². The molecule has 2 nitrogen and oxygen atoms in total. The van der Waals surface area contributed by atoms with Crippen molar-refractivity contribution in [2.75, 3.05) is 19.6 Å². The monoisotopic (exact) mass is 352 g/mol. The Labute approximate surface area is 128 Å². The zero-order valence-corrected chi connectivity index (χ0v) is 13.4. The molecule has 0 bridgehead atoms. The van der Waals surface area contributed by atoms with E-state index >= 15 is 0 Å². The van der Waals surface area contributed by atoms with E-state index in [1.54, 1.807) is 0 Å². The lowest BCUT2D eigenvalue weighted by Gasteiger charge is -2.32. The maximum Gasteiger partial charge on any atom is 0.0410 e. The van der Waals surface area contributed by atoms with Crippen LogP contribution in [-0.4, -0.2) is 24.5 Å². The van der Waals surface area contributed by atoms with E-state index < -0.39 is 0 Å². The molecule has 1 aromatic carbocycles. The highest BCUT2D eigenvalue weighted by molar-refractivity contribution is 9.10. The number of piperidine rings is 1. The van der Waals surface area contributed by atoms with Gasteiger partial charge in [-0.2, -0.15) is 0 Å². The molecule has 0 saturated carbocycles. The van der Waals surface area contributed by atoms with Gasteiger partial charge >= 0.3 is 0 Å². The summed E-state index contributed by atoms with van der Waals surface area (Å²) in [7, 11) is 0. The molecule has 0 amide bonds. The molecule has 1 aliphatic rings. The highest BCUT2D eigenvalue weighted by atomic mass is 79.9. The first-order chi connectivity index (χ1) is 8.19. The lowest BCUT2D eigenvalue weighted by atomic mass is 9.98. The Morgan fingerprint density at radius 2 is 2.22 bits per heavy atom. The van der Waals surface area contributed by atoms with Crippen LogP contribution in [0.15, 0.2) is 22.7 Å². The van der Waals surface area contributed by atoms with E-state index in [-0.39, 0.29) is 12.4 Å². The van der Waals surface area contributed by atoms with Gasteiger partial charge in [0.15, 0.2) is 0 Å². The maximum absolute atomic E-state index is 6.03. The standard InChI is InChI=1S/C13H18BrClN2.ClH/c14-13-4-3-12(15)6-11(13)9-17-5-1-2-10(7-16)8-17;/h3-4,6,10H,1-2,5,7-9,16H2;1H. The quantitative estimate of drug-likeness (QED) is 0.897. The van der Waals surface area contributed by atoms with Crippen molar-refractivity contribution in [3.63, 3.8) is 0 Å². The van der Waals surface area contributed by atoms with Gasteiger partial charge in [0.1, 0.15) is 0 Å². The molecule has 1 aromatic rings. The average molecular weight is 354 g/mol. The number of hydrogen-bond acceptors (Lipinski definition) is 2. The molecular formula is C13H19BrCl2N2. The van der Waals surface area contributed by atoms with Gasteiger partial charge in [-0.3, -0.25) is 4.90 Å². The molecule has 0 aromatic heterocycles. The third-order valence-corrected chi connectivity index (χ3v) is 4.35. The molecule has 1 atom stereocenters. The second kappa shape index (κ2) is 7.71. The number of likely N-dealkylation sites (tertiary alicyclic amines) is 1. The van der Waals surface area contributed by atoms with Crippen molar-refractivity contribution in [3.8, 4) is 0 Å². The molecule has 1 saturated heterocycles. The van der Waals surface area contributed by atoms with E-state index in [1.807, 2.05) is 18.2 Å². The second-order valence-corrected chi connectivity index (χ2v) is 6.01. The number of hydrogen-bond donors (Lipinski definition) is 1. The molecule has 102 valence electrons. The minimum atomic E-state index is 0. The summed E-state index contributed by atoms with van der Waals surface area (Å²) < 4.78 is 1.14. The molecule has 1 heterocycles. The molecule has 18 heavy (non-hydrogen) atoms. The first-order valence-electron chi connectivity index (χ1n) is 6.05. The highest BCUT2D eigenvalue weighted by Gasteiger charge is 2.19. The zero-order chi connectivity index (χ0) is 12.3. The fraction of sp³-hybridized carbons (Fsp3) is 0.538. The summed E-state index contributed by atoms with van der Waals surface area (Å²) >= 11 is 9.61. The smallest absolute Gasteiger partial charge is 0.0410 e. The van der Waals surface area contributed by atoms with Gasteiger partial charge in [-0.05, 0) is 55.6 Å². The third-order valence-electron chi connectivity index (χ3n) is 3.34. The second-order valence-electron chi connectivity index (χ2n) is 4.71. The molecule has 1 aliphatic heterocycles. The van der Waals surface area contributed by atoms with Crippen molar-refractivity contribution in [2.24, 2.45) is 11.7 Å². The minimum absolute atomic E-state index is 0.